The van der Waals surface area contributed by atoms with Gasteiger partial charge in [0.25, 0.3) is 0 Å². The van der Waals surface area contributed by atoms with Gasteiger partial charge >= 0.3 is 21.1 Å². The van der Waals surface area contributed by atoms with Crippen molar-refractivity contribution in [2.75, 3.05) is 0 Å². The normalized spacial score (nSPS) is 5.14. The van der Waals surface area contributed by atoms with Crippen molar-refractivity contribution >= 4 is 87.5 Å². The third kappa shape index (κ3) is 1950. The van der Waals surface area contributed by atoms with Crippen LogP contribution in [0.25, 0.3) is 0 Å². The van der Waals surface area contributed by atoms with Gasteiger partial charge in [0.2, 0.25) is 0 Å². The predicted molar refractivity (Wildman–Crippen MR) is 76.1 cm³/mol. The van der Waals surface area contributed by atoms with Gasteiger partial charge in [-0.1, -0.05) is 13.0 Å². The molecule has 0 aliphatic carbocycles. The van der Waals surface area contributed by atoms with E-state index < -0.39 is 0 Å². The molecule has 0 aromatic heterocycles. The van der Waals surface area contributed by atoms with Crippen LogP contribution in [-0.4, -0.2) is 18.4 Å². The average molecular weight is 390 g/mol. The summed E-state index contributed by atoms with van der Waals surface area (Å²) < 4.78 is 0.250. The van der Waals surface area contributed by atoms with Crippen LogP contribution in [0, 0.1) is 0 Å². The fourth-order valence-electron chi connectivity index (χ4n) is 0. The Balaban J connectivity index is -0.0000000270. The first-order valence-electron chi connectivity index (χ1n) is 2.09. The van der Waals surface area contributed by atoms with Crippen molar-refractivity contribution in [3.05, 3.63) is 0 Å². The third-order valence-electron chi connectivity index (χ3n) is 0. The largest absolute Gasteiger partial charge is 3.00 e. The zero-order valence-electron chi connectivity index (χ0n) is 6.59. The van der Waals surface area contributed by atoms with Crippen molar-refractivity contribution in [2.45, 2.75) is 0 Å². The summed E-state index contributed by atoms with van der Waals surface area (Å²) in [7, 11) is 0. The second-order valence-electron chi connectivity index (χ2n) is 0.957. The third-order valence-corrected chi connectivity index (χ3v) is 0. The molecule has 0 saturated heterocycles. The summed E-state index contributed by atoms with van der Waals surface area (Å²) in [5.41, 5.74) is 14.0. The van der Waals surface area contributed by atoms with Gasteiger partial charge in [-0.25, -0.2) is 0 Å². The maximum atomic E-state index is 4.66. The van der Waals surface area contributed by atoms with Crippen molar-refractivity contribution in [2.24, 2.45) is 17.2 Å². The zero-order chi connectivity index (χ0) is 10.7. The first kappa shape index (κ1) is 29.4. The van der Waals surface area contributed by atoms with Crippen molar-refractivity contribution in [3.63, 3.8) is 0 Å². The Hall–Kier alpha value is 0.978. The van der Waals surface area contributed by atoms with Crippen LogP contribution in [0.4, 0.5) is 0 Å². The molecule has 4 nitrogen and oxygen atoms in total. The van der Waals surface area contributed by atoms with Gasteiger partial charge in [0.15, 0.2) is 0 Å². The number of thiocarbonyl (C=S) groups is 3. The maximum Gasteiger partial charge on any atom is 3.00 e. The van der Waals surface area contributed by atoms with Crippen molar-refractivity contribution < 1.29 is 26.5 Å². The van der Waals surface area contributed by atoms with Crippen molar-refractivity contribution in [1.82, 2.24) is 0 Å². The summed E-state index contributed by atoms with van der Waals surface area (Å²) in [6, 6.07) is 0. The molecule has 0 saturated carbocycles. The fourth-order valence-corrected chi connectivity index (χ4v) is 0. The van der Waals surface area contributed by atoms with Crippen LogP contribution in [0.1, 0.15) is 0 Å². The Morgan fingerprint density at radius 2 is 0.714 bits per heavy atom. The minimum atomic E-state index is 0. The molecule has 0 bridgehead atoms. The van der Waals surface area contributed by atoms with Crippen LogP contribution in [0.3, 0.4) is 0 Å². The van der Waals surface area contributed by atoms with E-state index in [1.807, 2.05) is 0 Å². The van der Waals surface area contributed by atoms with Gasteiger partial charge in [-0.3, -0.25) is 0 Å². The molecular weight excluding hydrogens is 382 g/mol. The van der Waals surface area contributed by atoms with E-state index in [4.69, 9.17) is 0 Å². The SMILES string of the molecule is NC(=S)[S-].NC(=S)[S-].NC(=S)[S-].O.[Mo+3]. The zero-order valence-corrected chi connectivity index (χ0v) is 13.5. The van der Waals surface area contributed by atoms with E-state index in [-0.39, 0.29) is 39.5 Å². The molecule has 0 rings (SSSR count). The summed E-state index contributed by atoms with van der Waals surface area (Å²) in [4.78, 5) is 0. The summed E-state index contributed by atoms with van der Waals surface area (Å²) >= 11 is 24.8. The Labute approximate surface area is 130 Å². The molecular formula is C3H8MoN3OS6. The molecule has 11 heteroatoms. The van der Waals surface area contributed by atoms with Gasteiger partial charge < -0.3 is 97.2 Å². The van der Waals surface area contributed by atoms with Gasteiger partial charge in [0, 0.05) is 0 Å². The molecule has 0 atom stereocenters. The van der Waals surface area contributed by atoms with E-state index in [1.165, 1.54) is 0 Å². The molecule has 14 heavy (non-hydrogen) atoms. The Kier molecular flexibility index (Phi) is 49.6. The summed E-state index contributed by atoms with van der Waals surface area (Å²) in [6.07, 6.45) is 0. The Bertz CT molecular complexity index is 126. The number of nitrogens with two attached hydrogens (primary N) is 3. The molecule has 0 fully saturated rings. The Morgan fingerprint density at radius 1 is 0.714 bits per heavy atom. The fraction of sp³-hybridized carbons (Fsp3) is 0. The molecule has 0 amide bonds. The summed E-state index contributed by atoms with van der Waals surface area (Å²) in [5.74, 6) is 0. The van der Waals surface area contributed by atoms with Gasteiger partial charge in [-0.2, -0.15) is 0 Å². The molecule has 0 aromatic carbocycles. The molecule has 0 aliphatic heterocycles. The number of hydrogen-bond acceptors (Lipinski definition) is 6. The standard InChI is InChI=1S/3CH3NS2.Mo.H2O/c3*2-1(3)4;;/h3*(H3,2,3,4);;1H2/q;;;+3;/p-3. The smallest absolute Gasteiger partial charge is 0.415 e. The van der Waals surface area contributed by atoms with Crippen molar-refractivity contribution in [1.29, 1.82) is 0 Å². The van der Waals surface area contributed by atoms with Gasteiger partial charge in [-0.05, 0) is 0 Å². The van der Waals surface area contributed by atoms with E-state index in [1.54, 1.807) is 0 Å². The topological polar surface area (TPSA) is 110 Å². The van der Waals surface area contributed by atoms with Crippen LogP contribution in [0.5, 0.6) is 0 Å². The second kappa shape index (κ2) is 23.6. The molecule has 0 aromatic rings. The van der Waals surface area contributed by atoms with Gasteiger partial charge in [0.1, 0.15) is 0 Å². The molecule has 0 aliphatic rings. The van der Waals surface area contributed by atoms with E-state index in [0.717, 1.165) is 0 Å². The van der Waals surface area contributed by atoms with Crippen LogP contribution in [0.15, 0.2) is 0 Å². The molecule has 1 radical (unpaired) electrons. The first-order valence-corrected chi connectivity index (χ1v) is 4.54. The molecule has 0 heterocycles. The summed E-state index contributed by atoms with van der Waals surface area (Å²) in [5, 5.41) is 0. The van der Waals surface area contributed by atoms with E-state index in [2.05, 4.69) is 91.7 Å². The van der Waals surface area contributed by atoms with Crippen LogP contribution in [0.2, 0.25) is 0 Å². The summed E-state index contributed by atoms with van der Waals surface area (Å²) in [6.45, 7) is 0. The second-order valence-corrected chi connectivity index (χ2v) is 4.37. The predicted octanol–water partition coefficient (Wildman–Crippen LogP) is -1.50. The minimum absolute atomic E-state index is 0. The van der Waals surface area contributed by atoms with Gasteiger partial charge in [0.05, 0.1) is 0 Å². The minimum Gasteiger partial charge on any atom is -0.415 e. The van der Waals surface area contributed by atoms with Crippen LogP contribution in [-0.2, 0) is 59.0 Å². The van der Waals surface area contributed by atoms with E-state index in [9.17, 15) is 0 Å². The average Bonchev–Trinajstić information content (AvgIpc) is 1.54. The van der Waals surface area contributed by atoms with E-state index in [0.29, 0.717) is 0 Å². The Morgan fingerprint density at radius 3 is 0.714 bits per heavy atom. The molecule has 0 spiro atoms. The quantitative estimate of drug-likeness (QED) is 0.259. The number of rotatable bonds is 0. The first-order chi connectivity index (χ1) is 5.20. The van der Waals surface area contributed by atoms with Crippen LogP contribution < -0.4 is 17.2 Å². The molecule has 8 N–H and O–H groups in total. The number of hydrogen-bond donors (Lipinski definition) is 3. The molecule has 0 unspecified atom stereocenters. The van der Waals surface area contributed by atoms with Crippen molar-refractivity contribution in [3.8, 4) is 0 Å². The van der Waals surface area contributed by atoms with Crippen LogP contribution >= 0.6 is 36.7 Å². The maximum absolute atomic E-state index is 4.66. The van der Waals surface area contributed by atoms with Gasteiger partial charge in [-0.15, -0.1) is 0 Å². The monoisotopic (exact) mass is 392 g/mol. The van der Waals surface area contributed by atoms with E-state index >= 15 is 0 Å². The molecule has 83 valence electrons.